The third kappa shape index (κ3) is 4.36. The standard InChI is InChI=1S/C15H23FN2O2Si/c1-11(19)14-8-13(16)7-12-9-18(17-15(12)14)10-20-5-6-21(2,3)4/h7-9,11,19H,5-6,10H2,1-4H3. The summed E-state index contributed by atoms with van der Waals surface area (Å²) in [5.74, 6) is -0.363. The van der Waals surface area contributed by atoms with Gasteiger partial charge in [-0.25, -0.2) is 9.07 Å². The zero-order valence-electron chi connectivity index (χ0n) is 13.1. The largest absolute Gasteiger partial charge is 0.389 e. The zero-order chi connectivity index (χ0) is 15.6. The molecule has 0 aliphatic rings. The summed E-state index contributed by atoms with van der Waals surface area (Å²) in [4.78, 5) is 0. The van der Waals surface area contributed by atoms with Crippen LogP contribution >= 0.6 is 0 Å². The third-order valence-corrected chi connectivity index (χ3v) is 5.02. The van der Waals surface area contributed by atoms with Crippen molar-refractivity contribution < 1.29 is 14.2 Å². The first-order valence-corrected chi connectivity index (χ1v) is 10.9. The maximum absolute atomic E-state index is 13.5. The second kappa shape index (κ2) is 6.25. The topological polar surface area (TPSA) is 47.3 Å². The lowest BCUT2D eigenvalue weighted by Gasteiger charge is -2.15. The minimum Gasteiger partial charge on any atom is -0.389 e. The number of aliphatic hydroxyl groups excluding tert-OH is 1. The highest BCUT2D eigenvalue weighted by Crippen LogP contribution is 2.24. The molecule has 1 aromatic carbocycles. The Morgan fingerprint density at radius 2 is 2.10 bits per heavy atom. The van der Waals surface area contributed by atoms with Gasteiger partial charge in [-0.05, 0) is 25.1 Å². The Balaban J connectivity index is 2.10. The van der Waals surface area contributed by atoms with E-state index in [9.17, 15) is 9.50 Å². The van der Waals surface area contributed by atoms with Crippen molar-refractivity contribution in [3.8, 4) is 0 Å². The van der Waals surface area contributed by atoms with Crippen LogP contribution in [-0.4, -0.2) is 29.6 Å². The van der Waals surface area contributed by atoms with Gasteiger partial charge in [0.2, 0.25) is 0 Å². The molecule has 4 nitrogen and oxygen atoms in total. The quantitative estimate of drug-likeness (QED) is 0.656. The number of halogens is 1. The summed E-state index contributed by atoms with van der Waals surface area (Å²) in [6, 6.07) is 3.85. The van der Waals surface area contributed by atoms with Gasteiger partial charge >= 0.3 is 0 Å². The lowest BCUT2D eigenvalue weighted by Crippen LogP contribution is -2.22. The lowest BCUT2D eigenvalue weighted by molar-refractivity contribution is 0.0790. The Hall–Kier alpha value is -1.24. The normalized spacial score (nSPS) is 13.8. The number of nitrogens with zero attached hydrogens (tertiary/aromatic N) is 2. The summed E-state index contributed by atoms with van der Waals surface area (Å²) in [5.41, 5.74) is 1.13. The van der Waals surface area contributed by atoms with Gasteiger partial charge in [0, 0.05) is 31.8 Å². The third-order valence-electron chi connectivity index (χ3n) is 3.32. The van der Waals surface area contributed by atoms with Crippen molar-refractivity contribution in [3.05, 3.63) is 29.7 Å². The summed E-state index contributed by atoms with van der Waals surface area (Å²) < 4.78 is 20.8. The Kier molecular flexibility index (Phi) is 4.80. The van der Waals surface area contributed by atoms with Crippen molar-refractivity contribution in [3.63, 3.8) is 0 Å². The van der Waals surface area contributed by atoms with E-state index in [4.69, 9.17) is 4.74 Å². The molecule has 1 unspecified atom stereocenters. The van der Waals surface area contributed by atoms with Crippen LogP contribution in [-0.2, 0) is 11.5 Å². The minimum atomic E-state index is -1.10. The zero-order valence-corrected chi connectivity index (χ0v) is 14.1. The lowest BCUT2D eigenvalue weighted by atomic mass is 10.1. The van der Waals surface area contributed by atoms with E-state index >= 15 is 0 Å². The molecule has 0 bridgehead atoms. The van der Waals surface area contributed by atoms with Crippen LogP contribution < -0.4 is 0 Å². The highest BCUT2D eigenvalue weighted by Gasteiger charge is 2.14. The number of benzene rings is 1. The SMILES string of the molecule is CC(O)c1cc(F)cc2cn(COCC[Si](C)(C)C)nc12. The Labute approximate surface area is 125 Å². The molecule has 0 fully saturated rings. The van der Waals surface area contributed by atoms with Gasteiger partial charge in [0.15, 0.2) is 0 Å². The van der Waals surface area contributed by atoms with Crippen LogP contribution in [0.1, 0.15) is 18.6 Å². The first kappa shape index (κ1) is 16.1. The molecule has 1 atom stereocenters. The van der Waals surface area contributed by atoms with E-state index in [1.807, 2.05) is 0 Å². The Morgan fingerprint density at radius 1 is 1.38 bits per heavy atom. The van der Waals surface area contributed by atoms with Gasteiger partial charge in [-0.1, -0.05) is 19.6 Å². The predicted molar refractivity (Wildman–Crippen MR) is 84.4 cm³/mol. The fourth-order valence-electron chi connectivity index (χ4n) is 2.09. The average Bonchev–Trinajstić information content (AvgIpc) is 2.74. The van der Waals surface area contributed by atoms with E-state index in [-0.39, 0.29) is 5.82 Å². The van der Waals surface area contributed by atoms with Crippen LogP contribution in [0.4, 0.5) is 4.39 Å². The monoisotopic (exact) mass is 310 g/mol. The van der Waals surface area contributed by atoms with Crippen LogP contribution in [0.3, 0.4) is 0 Å². The van der Waals surface area contributed by atoms with Gasteiger partial charge in [-0.15, -0.1) is 0 Å². The van der Waals surface area contributed by atoms with Crippen molar-refractivity contribution in [1.29, 1.82) is 0 Å². The summed E-state index contributed by atoms with van der Waals surface area (Å²) in [6.07, 6.45) is 0.998. The Morgan fingerprint density at radius 3 is 2.71 bits per heavy atom. The molecular formula is C15H23FN2O2Si. The summed E-state index contributed by atoms with van der Waals surface area (Å²) in [5, 5.41) is 14.8. The van der Waals surface area contributed by atoms with Crippen LogP contribution in [0.25, 0.3) is 10.9 Å². The van der Waals surface area contributed by atoms with Gasteiger partial charge in [0.25, 0.3) is 0 Å². The molecule has 1 aromatic heterocycles. The van der Waals surface area contributed by atoms with E-state index < -0.39 is 14.2 Å². The van der Waals surface area contributed by atoms with Crippen molar-refractivity contribution in [1.82, 2.24) is 9.78 Å². The summed E-state index contributed by atoms with van der Waals surface area (Å²) >= 11 is 0. The molecule has 0 saturated carbocycles. The van der Waals surface area contributed by atoms with E-state index in [0.717, 1.165) is 6.04 Å². The minimum absolute atomic E-state index is 0.347. The second-order valence-electron chi connectivity index (χ2n) is 6.63. The van der Waals surface area contributed by atoms with E-state index in [0.29, 0.717) is 29.8 Å². The van der Waals surface area contributed by atoms with Crippen LogP contribution in [0, 0.1) is 5.82 Å². The van der Waals surface area contributed by atoms with Gasteiger partial charge in [0.05, 0.1) is 11.6 Å². The number of hydrogen-bond donors (Lipinski definition) is 1. The van der Waals surface area contributed by atoms with Crippen LogP contribution in [0.5, 0.6) is 0 Å². The van der Waals surface area contributed by atoms with Crippen molar-refractivity contribution in [2.75, 3.05) is 6.61 Å². The molecule has 0 saturated heterocycles. The molecule has 2 rings (SSSR count). The molecule has 0 radical (unpaired) electrons. The smallest absolute Gasteiger partial charge is 0.139 e. The van der Waals surface area contributed by atoms with Gasteiger partial charge < -0.3 is 9.84 Å². The number of rotatable bonds is 6. The fourth-order valence-corrected chi connectivity index (χ4v) is 2.85. The fraction of sp³-hybridized carbons (Fsp3) is 0.533. The van der Waals surface area contributed by atoms with Gasteiger partial charge in [0.1, 0.15) is 12.5 Å². The average molecular weight is 310 g/mol. The number of aliphatic hydroxyl groups is 1. The molecule has 0 spiro atoms. The van der Waals surface area contributed by atoms with Crippen LogP contribution in [0.15, 0.2) is 18.3 Å². The molecule has 0 amide bonds. The molecule has 1 N–H and O–H groups in total. The summed E-state index contributed by atoms with van der Waals surface area (Å²) in [7, 11) is -1.10. The molecular weight excluding hydrogens is 287 g/mol. The number of fused-ring (bicyclic) bond motifs is 1. The second-order valence-corrected chi connectivity index (χ2v) is 12.2. The number of aromatic nitrogens is 2. The molecule has 6 heteroatoms. The molecule has 0 aliphatic heterocycles. The van der Waals surface area contributed by atoms with Gasteiger partial charge in [-0.2, -0.15) is 5.10 Å². The maximum atomic E-state index is 13.5. The molecule has 21 heavy (non-hydrogen) atoms. The molecule has 1 heterocycles. The number of hydrogen-bond acceptors (Lipinski definition) is 3. The van der Waals surface area contributed by atoms with Gasteiger partial charge in [-0.3, -0.25) is 0 Å². The Bertz CT molecular complexity index is 620. The highest BCUT2D eigenvalue weighted by atomic mass is 28.3. The molecule has 116 valence electrons. The van der Waals surface area contributed by atoms with E-state index in [1.54, 1.807) is 17.8 Å². The van der Waals surface area contributed by atoms with Crippen LogP contribution in [0.2, 0.25) is 25.7 Å². The van der Waals surface area contributed by atoms with E-state index in [1.165, 1.54) is 12.1 Å². The summed E-state index contributed by atoms with van der Waals surface area (Å²) in [6.45, 7) is 9.57. The highest BCUT2D eigenvalue weighted by molar-refractivity contribution is 6.76. The molecule has 0 aliphatic carbocycles. The molecule has 2 aromatic rings. The number of ether oxygens (including phenoxy) is 1. The first-order valence-electron chi connectivity index (χ1n) is 7.19. The predicted octanol–water partition coefficient (Wildman–Crippen LogP) is 3.54. The van der Waals surface area contributed by atoms with Crippen molar-refractivity contribution >= 4 is 19.0 Å². The van der Waals surface area contributed by atoms with Crippen molar-refractivity contribution in [2.24, 2.45) is 0 Å². The first-order chi connectivity index (χ1) is 9.76. The maximum Gasteiger partial charge on any atom is 0.139 e. The van der Waals surface area contributed by atoms with Crippen molar-refractivity contribution in [2.45, 2.75) is 45.4 Å². The van der Waals surface area contributed by atoms with E-state index in [2.05, 4.69) is 24.7 Å².